The minimum atomic E-state index is 0.302. The molecule has 1 unspecified atom stereocenters. The van der Waals surface area contributed by atoms with E-state index in [-0.39, 0.29) is 0 Å². The van der Waals surface area contributed by atoms with Gasteiger partial charge in [0, 0.05) is 89.5 Å². The molecule has 4 aliphatic carbocycles. The number of rotatable bonds is 9. The van der Waals surface area contributed by atoms with Gasteiger partial charge in [0.15, 0.2) is 5.69 Å². The molecule has 0 radical (unpaired) electrons. The first kappa shape index (κ1) is 54.6. The van der Waals surface area contributed by atoms with E-state index in [1.807, 2.05) is 48.7 Å². The number of anilines is 6. The molecule has 1 atom stereocenters. The molecule has 0 N–H and O–H groups in total. The van der Waals surface area contributed by atoms with E-state index in [0.29, 0.717) is 17.2 Å². The second-order valence-corrected chi connectivity index (χ2v) is 25.2. The van der Waals surface area contributed by atoms with Gasteiger partial charge in [-0.2, -0.15) is 5.26 Å². The van der Waals surface area contributed by atoms with Crippen LogP contribution in [0.3, 0.4) is 0 Å². The summed E-state index contributed by atoms with van der Waals surface area (Å²) in [5, 5.41) is 22.8. The first-order valence-electron chi connectivity index (χ1n) is 32.6. The van der Waals surface area contributed by atoms with Gasteiger partial charge in [-0.1, -0.05) is 182 Å². The Balaban J connectivity index is 0.000000136. The van der Waals surface area contributed by atoms with Crippen molar-refractivity contribution in [2.45, 2.75) is 6.42 Å². The lowest BCUT2D eigenvalue weighted by Gasteiger charge is -2.36. The minimum absolute atomic E-state index is 0.302. The van der Waals surface area contributed by atoms with Crippen LogP contribution < -0.4 is 9.80 Å². The lowest BCUT2D eigenvalue weighted by molar-refractivity contribution is 0.830. The molecule has 0 spiro atoms. The fraction of sp³-hybridized carbons (Fsp3) is 0.0225. The zero-order valence-corrected chi connectivity index (χ0v) is 51.9. The van der Waals surface area contributed by atoms with Crippen LogP contribution in [0.5, 0.6) is 0 Å². The van der Waals surface area contributed by atoms with Crippen molar-refractivity contribution in [2.75, 3.05) is 9.80 Å². The molecule has 13 aromatic carbocycles. The maximum absolute atomic E-state index is 9.40. The Labute approximate surface area is 554 Å². The first-order valence-corrected chi connectivity index (χ1v) is 32.6. The molecule has 0 saturated heterocycles. The van der Waals surface area contributed by atoms with E-state index in [9.17, 15) is 5.26 Å². The Morgan fingerprint density at radius 3 is 1.80 bits per heavy atom. The normalized spacial score (nSPS) is 14.6. The fourth-order valence-electron chi connectivity index (χ4n) is 15.8. The molecular weight excluding hydrogens is 1170 g/mol. The number of aromatic nitrogens is 3. The van der Waals surface area contributed by atoms with Gasteiger partial charge in [-0.15, -0.1) is 0 Å². The molecule has 0 bridgehead atoms. The highest BCUT2D eigenvalue weighted by atomic mass is 15.2. The van der Waals surface area contributed by atoms with Crippen LogP contribution >= 0.6 is 0 Å². The van der Waals surface area contributed by atoms with E-state index in [0.717, 1.165) is 79.3 Å². The summed E-state index contributed by atoms with van der Waals surface area (Å²) < 4.78 is 4.79. The molecule has 16 aromatic rings. The molecule has 96 heavy (non-hydrogen) atoms. The molecule has 20 rings (SSSR count). The van der Waals surface area contributed by atoms with Crippen molar-refractivity contribution < 1.29 is 0 Å². The van der Waals surface area contributed by atoms with Gasteiger partial charge in [0.05, 0.1) is 57.2 Å². The third-order valence-corrected chi connectivity index (χ3v) is 20.0. The molecular formula is C89H55N7. The summed E-state index contributed by atoms with van der Waals surface area (Å²) in [5.41, 5.74) is 25.0. The zero-order valence-electron chi connectivity index (χ0n) is 51.9. The standard InChI is InChI=1S/C47H29N3.C42H26N4/c1-48-36-18-21-37(22-19-36)49(38-20-16-29-6-2-3-7-33(29)26-38)41-24-25-43-47-40(41)23-17-32-10-5-11-42(46(32)47)50(43)39-27-34-14-12-30-8-4-9-31-13-15-35(28-39)45(34)44(30)31;43-27-28-14-19-34(20-15-28)46-38-13-5-7-30-18-23-36-37(24-25-39(46)41(36)40(30)38)45(32-10-2-1-3-11-32)33-21-16-29(17-22-33)35-12-4-8-31-9-6-26-44-42(31)35/h2-8,10-28,45H,9H2;1-26H. The summed E-state index contributed by atoms with van der Waals surface area (Å²) in [6.45, 7) is 7.56. The van der Waals surface area contributed by atoms with E-state index in [4.69, 9.17) is 11.6 Å². The van der Waals surface area contributed by atoms with E-state index < -0.39 is 0 Å². The molecule has 7 nitrogen and oxygen atoms in total. The Kier molecular flexibility index (Phi) is 12.4. The molecule has 0 aliphatic heterocycles. The quantitative estimate of drug-likeness (QED) is 0.107. The average Bonchev–Trinajstić information content (AvgIpc) is 1.52. The Bertz CT molecular complexity index is 6230. The number of nitriles is 1. The highest BCUT2D eigenvalue weighted by Gasteiger charge is 2.34. The molecule has 0 saturated carbocycles. The van der Waals surface area contributed by atoms with E-state index in [1.54, 1.807) is 0 Å². The molecule has 3 aromatic heterocycles. The number of benzene rings is 13. The number of hydrogen-bond donors (Lipinski definition) is 0. The third-order valence-electron chi connectivity index (χ3n) is 20.0. The lowest BCUT2D eigenvalue weighted by atomic mass is 9.69. The summed E-state index contributed by atoms with van der Waals surface area (Å²) >= 11 is 0. The van der Waals surface area contributed by atoms with Crippen molar-refractivity contribution in [1.82, 2.24) is 14.1 Å². The molecule has 0 fully saturated rings. The SMILES string of the molecule is N#Cc1ccc(-n2c3cccc4ccc5c(N(c6ccccc6)c6ccc(-c7cccc8cccnc78)cc6)ccc2c5c43)cc1.[C-]#[N+]c1ccc(N(c2ccc3ccccc3c2)c2ccc3c4c2ccc2cccc(c24)n3C2=CC3=CC=C4CC=CC5=C4C3C(=C2)C=C5)cc1. The second-order valence-electron chi connectivity index (χ2n) is 25.2. The Morgan fingerprint density at radius 1 is 0.469 bits per heavy atom. The lowest BCUT2D eigenvalue weighted by Crippen LogP contribution is -2.22. The predicted octanol–water partition coefficient (Wildman–Crippen LogP) is 23.6. The maximum atomic E-state index is 9.40. The summed E-state index contributed by atoms with van der Waals surface area (Å²) in [5.74, 6) is 0.302. The van der Waals surface area contributed by atoms with Crippen molar-refractivity contribution in [3.8, 4) is 22.9 Å². The van der Waals surface area contributed by atoms with Gasteiger partial charge >= 0.3 is 0 Å². The van der Waals surface area contributed by atoms with Gasteiger partial charge in [-0.3, -0.25) is 4.98 Å². The number of pyridine rings is 1. The summed E-state index contributed by atoms with van der Waals surface area (Å²) in [6, 6.07) is 94.3. The van der Waals surface area contributed by atoms with Crippen LogP contribution in [0.2, 0.25) is 0 Å². The van der Waals surface area contributed by atoms with Crippen molar-refractivity contribution in [1.29, 1.82) is 5.26 Å². The van der Waals surface area contributed by atoms with Crippen LogP contribution in [0.1, 0.15) is 12.0 Å². The molecule has 4 aliphatic rings. The van der Waals surface area contributed by atoms with Crippen LogP contribution in [-0.2, 0) is 0 Å². The second kappa shape index (κ2) is 21.8. The monoisotopic (exact) mass is 1220 g/mol. The van der Waals surface area contributed by atoms with Crippen LogP contribution in [-0.4, -0.2) is 14.1 Å². The van der Waals surface area contributed by atoms with E-state index in [2.05, 4.69) is 297 Å². The third kappa shape index (κ3) is 8.55. The highest BCUT2D eigenvalue weighted by Crippen LogP contribution is 2.52. The van der Waals surface area contributed by atoms with E-state index in [1.165, 1.54) is 98.5 Å². The van der Waals surface area contributed by atoms with E-state index >= 15 is 0 Å². The summed E-state index contributed by atoms with van der Waals surface area (Å²) in [4.78, 5) is 13.1. The Hall–Kier alpha value is -13.1. The molecule has 446 valence electrons. The summed E-state index contributed by atoms with van der Waals surface area (Å²) in [7, 11) is 0. The largest absolute Gasteiger partial charge is 0.310 e. The predicted molar refractivity (Wildman–Crippen MR) is 398 cm³/mol. The maximum Gasteiger partial charge on any atom is 0.187 e. The number of allylic oxidation sites excluding steroid dienone is 14. The van der Waals surface area contributed by atoms with Gasteiger partial charge < -0.3 is 18.9 Å². The molecule has 0 amide bonds. The number of fused-ring (bicyclic) bond motifs is 2. The van der Waals surface area contributed by atoms with Gasteiger partial charge in [0.25, 0.3) is 0 Å². The van der Waals surface area contributed by atoms with Crippen molar-refractivity contribution in [2.24, 2.45) is 5.92 Å². The Morgan fingerprint density at radius 2 is 1.07 bits per heavy atom. The van der Waals surface area contributed by atoms with Crippen molar-refractivity contribution in [3.63, 3.8) is 0 Å². The fourth-order valence-corrected chi connectivity index (χ4v) is 15.8. The van der Waals surface area contributed by atoms with Crippen LogP contribution in [0, 0.1) is 23.8 Å². The van der Waals surface area contributed by atoms with Crippen LogP contribution in [0.25, 0.3) is 114 Å². The minimum Gasteiger partial charge on any atom is -0.310 e. The smallest absolute Gasteiger partial charge is 0.187 e. The molecule has 3 heterocycles. The topological polar surface area (TPSA) is 57.4 Å². The van der Waals surface area contributed by atoms with Gasteiger partial charge in [-0.25, -0.2) is 4.85 Å². The number of para-hydroxylation sites is 2. The van der Waals surface area contributed by atoms with Crippen molar-refractivity contribution in [3.05, 3.63) is 361 Å². The number of nitrogens with zero attached hydrogens (tertiary/aromatic N) is 7. The number of hydrogen-bond acceptors (Lipinski definition) is 4. The van der Waals surface area contributed by atoms with Gasteiger partial charge in [0.2, 0.25) is 0 Å². The first-order chi connectivity index (χ1) is 47.5. The highest BCUT2D eigenvalue weighted by molar-refractivity contribution is 6.29. The van der Waals surface area contributed by atoms with Gasteiger partial charge in [0.1, 0.15) is 0 Å². The summed E-state index contributed by atoms with van der Waals surface area (Å²) in [6.07, 6.45) is 21.6. The van der Waals surface area contributed by atoms with Crippen molar-refractivity contribution >= 4 is 132 Å². The van der Waals surface area contributed by atoms with Crippen LogP contribution in [0.4, 0.5) is 39.8 Å². The average molecular weight is 1220 g/mol. The van der Waals surface area contributed by atoms with Crippen LogP contribution in [0.15, 0.2) is 344 Å². The molecule has 7 heteroatoms. The zero-order chi connectivity index (χ0) is 63.5. The van der Waals surface area contributed by atoms with Gasteiger partial charge in [-0.05, 0) is 189 Å².